The predicted octanol–water partition coefficient (Wildman–Crippen LogP) is 2.34. The summed E-state index contributed by atoms with van der Waals surface area (Å²) in [6.45, 7) is 6.10. The summed E-state index contributed by atoms with van der Waals surface area (Å²) in [5.41, 5.74) is 1.58. The number of ether oxygens (including phenoxy) is 2. The molecule has 0 atom stereocenters. The molecule has 1 heterocycles. The van der Waals surface area contributed by atoms with Gasteiger partial charge in [0.15, 0.2) is 0 Å². The molecule has 6 heteroatoms. The van der Waals surface area contributed by atoms with Crippen LogP contribution in [0.1, 0.15) is 12.6 Å². The van der Waals surface area contributed by atoms with Crippen molar-refractivity contribution in [3.63, 3.8) is 0 Å². The zero-order chi connectivity index (χ0) is 16.9. The summed E-state index contributed by atoms with van der Waals surface area (Å²) in [5, 5.41) is 2.66. The average Bonchev–Trinajstić information content (AvgIpc) is 3.06. The average molecular weight is 315 g/mol. The Kier molecular flexibility index (Phi) is 8.46. The Labute approximate surface area is 136 Å². The van der Waals surface area contributed by atoms with E-state index in [1.165, 1.54) is 0 Å². The van der Waals surface area contributed by atoms with Gasteiger partial charge in [-0.1, -0.05) is 24.7 Å². The highest BCUT2D eigenvalue weighted by Crippen LogP contribution is 2.12. The third kappa shape index (κ3) is 7.05. The first kappa shape index (κ1) is 18.1. The van der Waals surface area contributed by atoms with Crippen molar-refractivity contribution in [1.82, 2.24) is 15.3 Å². The first-order chi connectivity index (χ1) is 11.2. The molecule has 1 aromatic rings. The molecular formula is C17H21N3O3. The third-order valence-corrected chi connectivity index (χ3v) is 2.81. The van der Waals surface area contributed by atoms with Crippen LogP contribution in [0.4, 0.5) is 4.79 Å². The lowest BCUT2D eigenvalue weighted by atomic mass is 10.2. The number of amides is 1. The number of aromatic amines is 1. The number of alkyl carbamates (subject to hydrolysis) is 1. The van der Waals surface area contributed by atoms with Crippen molar-refractivity contribution in [3.05, 3.63) is 54.4 Å². The molecule has 0 bridgehead atoms. The van der Waals surface area contributed by atoms with Gasteiger partial charge in [-0.2, -0.15) is 0 Å². The number of nitrogens with zero attached hydrogens (tertiary/aromatic N) is 1. The maximum atomic E-state index is 11.7. The number of hydrogen-bond donors (Lipinski definition) is 2. The summed E-state index contributed by atoms with van der Waals surface area (Å²) in [6.07, 6.45) is 13.7. The second-order valence-corrected chi connectivity index (χ2v) is 4.39. The fourth-order valence-electron chi connectivity index (χ4n) is 1.69. The van der Waals surface area contributed by atoms with E-state index in [4.69, 9.17) is 15.9 Å². The first-order valence-corrected chi connectivity index (χ1v) is 7.14. The van der Waals surface area contributed by atoms with Crippen molar-refractivity contribution in [2.45, 2.75) is 13.3 Å². The fourth-order valence-corrected chi connectivity index (χ4v) is 1.69. The summed E-state index contributed by atoms with van der Waals surface area (Å²) < 4.78 is 10.6. The van der Waals surface area contributed by atoms with Gasteiger partial charge in [0.25, 0.3) is 0 Å². The van der Waals surface area contributed by atoms with Crippen molar-refractivity contribution in [3.8, 4) is 12.3 Å². The molecule has 0 saturated heterocycles. The molecule has 1 amide bonds. The fraction of sp³-hybridized carbons (Fsp3) is 0.294. The minimum atomic E-state index is -0.505. The number of terminal acetylenes is 1. The molecule has 23 heavy (non-hydrogen) atoms. The van der Waals surface area contributed by atoms with Crippen LogP contribution in [0.2, 0.25) is 0 Å². The summed E-state index contributed by atoms with van der Waals surface area (Å²) in [4.78, 5) is 18.6. The van der Waals surface area contributed by atoms with Gasteiger partial charge in [-0.15, -0.1) is 6.42 Å². The lowest BCUT2D eigenvalue weighted by Crippen LogP contribution is -2.27. The van der Waals surface area contributed by atoms with Crippen LogP contribution >= 0.6 is 0 Å². The quantitative estimate of drug-likeness (QED) is 0.417. The monoisotopic (exact) mass is 315 g/mol. The molecular weight excluding hydrogens is 294 g/mol. The van der Waals surface area contributed by atoms with Gasteiger partial charge in [0.05, 0.1) is 12.0 Å². The molecule has 0 spiro atoms. The molecule has 0 radical (unpaired) electrons. The van der Waals surface area contributed by atoms with Crippen molar-refractivity contribution in [2.24, 2.45) is 0 Å². The van der Waals surface area contributed by atoms with Gasteiger partial charge < -0.3 is 19.8 Å². The number of hydrogen-bond acceptors (Lipinski definition) is 4. The van der Waals surface area contributed by atoms with Crippen LogP contribution in [0.3, 0.4) is 0 Å². The Bertz CT molecular complexity index is 595. The molecule has 0 aromatic carbocycles. The minimum Gasteiger partial charge on any atom is -0.481 e. The number of allylic oxidation sites excluding steroid dienone is 3. The number of carbonyl (C=O) groups is 1. The smallest absolute Gasteiger partial charge is 0.407 e. The van der Waals surface area contributed by atoms with Crippen molar-refractivity contribution >= 4 is 6.09 Å². The number of imidazole rings is 1. The second kappa shape index (κ2) is 10.7. The van der Waals surface area contributed by atoms with Crippen LogP contribution < -0.4 is 5.32 Å². The lowest BCUT2D eigenvalue weighted by molar-refractivity contribution is 0.152. The van der Waals surface area contributed by atoms with E-state index in [1.807, 2.05) is 6.92 Å². The number of carbonyl (C=O) groups excluding carboxylic acids is 1. The van der Waals surface area contributed by atoms with Crippen LogP contribution in [0, 0.1) is 12.3 Å². The number of nitrogens with one attached hydrogen (secondary N) is 2. The van der Waals surface area contributed by atoms with E-state index in [0.29, 0.717) is 24.3 Å². The van der Waals surface area contributed by atoms with E-state index in [1.54, 1.807) is 30.8 Å². The first-order valence-electron chi connectivity index (χ1n) is 7.14. The molecule has 0 fully saturated rings. The third-order valence-electron chi connectivity index (χ3n) is 2.81. The topological polar surface area (TPSA) is 76.2 Å². The Morgan fingerprint density at radius 1 is 1.57 bits per heavy atom. The number of H-pyrrole nitrogens is 1. The van der Waals surface area contributed by atoms with E-state index < -0.39 is 6.09 Å². The molecule has 6 nitrogen and oxygen atoms in total. The van der Waals surface area contributed by atoms with Gasteiger partial charge in [-0.3, -0.25) is 0 Å². The molecule has 0 unspecified atom stereocenters. The predicted molar refractivity (Wildman–Crippen MR) is 88.5 cm³/mol. The highest BCUT2D eigenvalue weighted by atomic mass is 16.5. The molecule has 0 aliphatic rings. The zero-order valence-corrected chi connectivity index (χ0v) is 13.2. The summed E-state index contributed by atoms with van der Waals surface area (Å²) in [6, 6.07) is 0. The molecule has 122 valence electrons. The molecule has 1 aromatic heterocycles. The van der Waals surface area contributed by atoms with Gasteiger partial charge in [0, 0.05) is 24.7 Å². The maximum absolute atomic E-state index is 11.7. The number of rotatable bonds is 9. The van der Waals surface area contributed by atoms with Crippen LogP contribution in [0.5, 0.6) is 0 Å². The molecule has 1 rings (SSSR count). The van der Waals surface area contributed by atoms with Gasteiger partial charge in [-0.05, 0) is 13.0 Å². The van der Waals surface area contributed by atoms with Crippen LogP contribution in [-0.2, 0) is 15.9 Å². The highest BCUT2D eigenvalue weighted by molar-refractivity contribution is 5.67. The van der Waals surface area contributed by atoms with Crippen molar-refractivity contribution < 1.29 is 14.3 Å². The number of aromatic nitrogens is 2. The van der Waals surface area contributed by atoms with Crippen molar-refractivity contribution in [2.75, 3.05) is 19.8 Å². The van der Waals surface area contributed by atoms with Gasteiger partial charge in [0.1, 0.15) is 19.0 Å². The standard InChI is InChI=1S/C17H21N3O3/c1-4-7-16(22-10-5-2)14(6-3)12-23-17(21)19-9-8-15-11-18-13-20-15/h2,4,6-7,11,13H,1,8-10,12H2,3H3,(H,18,20)(H,19,21)/b14-6-,16-7+. The van der Waals surface area contributed by atoms with Crippen molar-refractivity contribution in [1.29, 1.82) is 0 Å². The van der Waals surface area contributed by atoms with Gasteiger partial charge in [-0.25, -0.2) is 9.78 Å². The second-order valence-electron chi connectivity index (χ2n) is 4.39. The SMILES string of the molecule is C#CCOC(=C/C=C)/C(=C\C)COC(=O)NCCc1c[nH]cn1. The normalized spacial score (nSPS) is 11.5. The minimum absolute atomic E-state index is 0.0784. The summed E-state index contributed by atoms with van der Waals surface area (Å²) in [5.74, 6) is 2.92. The Balaban J connectivity index is 2.40. The van der Waals surface area contributed by atoms with Gasteiger partial charge in [0.2, 0.25) is 0 Å². The summed E-state index contributed by atoms with van der Waals surface area (Å²) in [7, 11) is 0. The highest BCUT2D eigenvalue weighted by Gasteiger charge is 2.09. The molecule has 0 aliphatic heterocycles. The Hall–Kier alpha value is -2.94. The lowest BCUT2D eigenvalue weighted by Gasteiger charge is -2.12. The van der Waals surface area contributed by atoms with Crippen LogP contribution in [-0.4, -0.2) is 35.8 Å². The van der Waals surface area contributed by atoms with E-state index in [0.717, 1.165) is 5.69 Å². The molecule has 2 N–H and O–H groups in total. The van der Waals surface area contributed by atoms with E-state index in [-0.39, 0.29) is 13.2 Å². The van der Waals surface area contributed by atoms with E-state index >= 15 is 0 Å². The Morgan fingerprint density at radius 3 is 3.00 bits per heavy atom. The molecule has 0 saturated carbocycles. The van der Waals surface area contributed by atoms with Crippen LogP contribution in [0.15, 0.2) is 48.7 Å². The summed E-state index contributed by atoms with van der Waals surface area (Å²) >= 11 is 0. The van der Waals surface area contributed by atoms with Gasteiger partial charge >= 0.3 is 6.09 Å². The molecule has 0 aliphatic carbocycles. The van der Waals surface area contributed by atoms with E-state index in [2.05, 4.69) is 27.8 Å². The Morgan fingerprint density at radius 2 is 2.39 bits per heavy atom. The largest absolute Gasteiger partial charge is 0.481 e. The van der Waals surface area contributed by atoms with Crippen LogP contribution in [0.25, 0.3) is 0 Å². The zero-order valence-electron chi connectivity index (χ0n) is 13.2. The van der Waals surface area contributed by atoms with E-state index in [9.17, 15) is 4.79 Å². The maximum Gasteiger partial charge on any atom is 0.407 e.